The van der Waals surface area contributed by atoms with Gasteiger partial charge in [0.25, 0.3) is 0 Å². The first kappa shape index (κ1) is 16.3. The van der Waals surface area contributed by atoms with E-state index in [1.165, 1.54) is 0 Å². The lowest BCUT2D eigenvalue weighted by Gasteiger charge is -2.07. The van der Waals surface area contributed by atoms with Crippen molar-refractivity contribution in [2.45, 2.75) is 0 Å². The summed E-state index contributed by atoms with van der Waals surface area (Å²) in [5.41, 5.74) is 1.72. The van der Waals surface area contributed by atoms with Gasteiger partial charge in [-0.05, 0) is 11.6 Å². The summed E-state index contributed by atoms with van der Waals surface area (Å²) in [5.74, 6) is -1.01. The molecule has 0 radical (unpaired) electrons. The predicted octanol–water partition coefficient (Wildman–Crippen LogP) is 3.95. The van der Waals surface area contributed by atoms with E-state index in [2.05, 4.69) is 4.98 Å². The van der Waals surface area contributed by atoms with Crippen LogP contribution in [-0.2, 0) is 4.79 Å². The number of rotatable bonds is 5. The van der Waals surface area contributed by atoms with Crippen molar-refractivity contribution in [1.29, 1.82) is 0 Å². The minimum atomic E-state index is -1.01. The fourth-order valence-electron chi connectivity index (χ4n) is 1.82. The van der Waals surface area contributed by atoms with Gasteiger partial charge in [-0.1, -0.05) is 48.0 Å². The lowest BCUT2D eigenvalue weighted by atomic mass is 10.1. The molecular weight excluding hydrogens is 320 g/mol. The quantitative estimate of drug-likeness (QED) is 0.841. The van der Waals surface area contributed by atoms with E-state index < -0.39 is 5.97 Å². The van der Waals surface area contributed by atoms with Gasteiger partial charge in [0, 0.05) is 20.3 Å². The van der Waals surface area contributed by atoms with Crippen LogP contribution in [0, 0.1) is 0 Å². The first-order valence-electron chi connectivity index (χ1n) is 6.48. The van der Waals surface area contributed by atoms with Crippen LogP contribution in [0.2, 0.25) is 4.47 Å². The van der Waals surface area contributed by atoms with Crippen molar-refractivity contribution in [3.05, 3.63) is 57.1 Å². The standard InChI is InChI=1S/C16H15ClN2O2S/c1-19(2)10-12(15(20)21)14-13(18-16(17)22-14)9-8-11-6-4-3-5-7-11/h3-10H,1-2H3,(H,20,21)/b9-8+,12-10?. The molecule has 2 rings (SSSR count). The highest BCUT2D eigenvalue weighted by atomic mass is 35.5. The zero-order valence-corrected chi connectivity index (χ0v) is 13.7. The zero-order chi connectivity index (χ0) is 16.1. The Kier molecular flexibility index (Phi) is 5.35. The number of halogens is 1. The predicted molar refractivity (Wildman–Crippen MR) is 91.8 cm³/mol. The van der Waals surface area contributed by atoms with Gasteiger partial charge >= 0.3 is 5.97 Å². The van der Waals surface area contributed by atoms with Crippen LogP contribution in [0.5, 0.6) is 0 Å². The van der Waals surface area contributed by atoms with Gasteiger partial charge in [-0.25, -0.2) is 9.78 Å². The largest absolute Gasteiger partial charge is 0.478 e. The second kappa shape index (κ2) is 7.24. The molecule has 0 saturated carbocycles. The number of nitrogens with zero attached hydrogens (tertiary/aromatic N) is 2. The van der Waals surface area contributed by atoms with E-state index in [4.69, 9.17) is 11.6 Å². The highest BCUT2D eigenvalue weighted by Gasteiger charge is 2.18. The molecule has 1 N–H and O–H groups in total. The first-order chi connectivity index (χ1) is 10.5. The normalized spacial score (nSPS) is 11.9. The monoisotopic (exact) mass is 334 g/mol. The van der Waals surface area contributed by atoms with Crippen LogP contribution in [0.1, 0.15) is 16.1 Å². The summed E-state index contributed by atoms with van der Waals surface area (Å²) in [6.45, 7) is 0. The van der Waals surface area contributed by atoms with Gasteiger partial charge in [0.2, 0.25) is 0 Å². The molecule has 0 aliphatic heterocycles. The molecule has 1 aromatic carbocycles. The van der Waals surface area contributed by atoms with Crippen molar-refractivity contribution in [2.24, 2.45) is 0 Å². The summed E-state index contributed by atoms with van der Waals surface area (Å²) >= 11 is 7.13. The molecule has 4 nitrogen and oxygen atoms in total. The highest BCUT2D eigenvalue weighted by molar-refractivity contribution is 7.17. The van der Waals surface area contributed by atoms with Gasteiger partial charge in [0.15, 0.2) is 4.47 Å². The molecule has 22 heavy (non-hydrogen) atoms. The van der Waals surface area contributed by atoms with Crippen molar-refractivity contribution in [3.8, 4) is 0 Å². The van der Waals surface area contributed by atoms with Crippen LogP contribution in [0.25, 0.3) is 17.7 Å². The van der Waals surface area contributed by atoms with Gasteiger partial charge < -0.3 is 10.0 Å². The number of hydrogen-bond donors (Lipinski definition) is 1. The van der Waals surface area contributed by atoms with Gasteiger partial charge in [-0.15, -0.1) is 11.3 Å². The van der Waals surface area contributed by atoms with Crippen molar-refractivity contribution in [3.63, 3.8) is 0 Å². The van der Waals surface area contributed by atoms with Gasteiger partial charge in [0.05, 0.1) is 16.1 Å². The number of aliphatic carboxylic acids is 1. The summed E-state index contributed by atoms with van der Waals surface area (Å²) in [6.07, 6.45) is 5.20. The molecule has 0 aliphatic carbocycles. The Hall–Kier alpha value is -2.11. The van der Waals surface area contributed by atoms with Gasteiger partial charge in [0.1, 0.15) is 0 Å². The Morgan fingerprint density at radius 2 is 1.95 bits per heavy atom. The summed E-state index contributed by atoms with van der Waals surface area (Å²) < 4.78 is 0.314. The maximum atomic E-state index is 11.5. The molecule has 0 saturated heterocycles. The number of carboxylic acid groups (broad SMARTS) is 1. The summed E-state index contributed by atoms with van der Waals surface area (Å²) in [5, 5.41) is 9.41. The molecule has 0 aliphatic rings. The van der Waals surface area contributed by atoms with E-state index >= 15 is 0 Å². The SMILES string of the molecule is CN(C)C=C(C(=O)O)c1sc(Cl)nc1/C=C/c1ccccc1. The Labute approximate surface area is 138 Å². The molecule has 0 fully saturated rings. The molecule has 2 aromatic rings. The second-order valence-electron chi connectivity index (χ2n) is 4.74. The van der Waals surface area contributed by atoms with E-state index in [1.807, 2.05) is 36.4 Å². The highest BCUT2D eigenvalue weighted by Crippen LogP contribution is 2.31. The molecule has 0 spiro atoms. The molecule has 0 atom stereocenters. The molecule has 114 valence electrons. The average molecular weight is 335 g/mol. The number of hydrogen-bond acceptors (Lipinski definition) is 4. The van der Waals surface area contributed by atoms with Crippen LogP contribution >= 0.6 is 22.9 Å². The fourth-order valence-corrected chi connectivity index (χ4v) is 2.92. The topological polar surface area (TPSA) is 53.4 Å². The van der Waals surface area contributed by atoms with Crippen LogP contribution in [0.15, 0.2) is 36.5 Å². The van der Waals surface area contributed by atoms with Crippen molar-refractivity contribution < 1.29 is 9.90 Å². The second-order valence-corrected chi connectivity index (χ2v) is 6.32. The van der Waals surface area contributed by atoms with E-state index in [1.54, 1.807) is 31.3 Å². The van der Waals surface area contributed by atoms with Crippen LogP contribution in [0.3, 0.4) is 0 Å². The molecule has 6 heteroatoms. The molecule has 1 heterocycles. The Balaban J connectivity index is 2.42. The first-order valence-corrected chi connectivity index (χ1v) is 7.68. The van der Waals surface area contributed by atoms with E-state index in [-0.39, 0.29) is 5.57 Å². The molecule has 0 amide bonds. The smallest absolute Gasteiger partial charge is 0.338 e. The zero-order valence-electron chi connectivity index (χ0n) is 12.2. The van der Waals surface area contributed by atoms with Gasteiger partial charge in [-0.2, -0.15) is 0 Å². The Morgan fingerprint density at radius 1 is 1.27 bits per heavy atom. The molecular formula is C16H15ClN2O2S. The Bertz CT molecular complexity index is 721. The lowest BCUT2D eigenvalue weighted by molar-refractivity contribution is -0.130. The third-order valence-corrected chi connectivity index (χ3v) is 3.93. The maximum absolute atomic E-state index is 11.5. The van der Waals surface area contributed by atoms with Crippen molar-refractivity contribution in [2.75, 3.05) is 14.1 Å². The lowest BCUT2D eigenvalue weighted by Crippen LogP contribution is -2.08. The number of carbonyl (C=O) groups is 1. The number of thiazole rings is 1. The molecule has 0 bridgehead atoms. The minimum absolute atomic E-state index is 0.169. The van der Waals surface area contributed by atoms with Crippen LogP contribution < -0.4 is 0 Å². The van der Waals surface area contributed by atoms with E-state index in [0.717, 1.165) is 16.9 Å². The van der Waals surface area contributed by atoms with E-state index in [9.17, 15) is 9.90 Å². The van der Waals surface area contributed by atoms with Gasteiger partial charge in [-0.3, -0.25) is 0 Å². The third kappa shape index (κ3) is 4.19. The average Bonchev–Trinajstić information content (AvgIpc) is 2.84. The van der Waals surface area contributed by atoms with Crippen molar-refractivity contribution >= 4 is 46.6 Å². The number of carboxylic acids is 1. The summed E-state index contributed by atoms with van der Waals surface area (Å²) in [6, 6.07) is 9.72. The summed E-state index contributed by atoms with van der Waals surface area (Å²) in [4.78, 5) is 17.9. The van der Waals surface area contributed by atoms with Crippen LogP contribution in [0.4, 0.5) is 0 Å². The number of benzene rings is 1. The molecule has 1 aromatic heterocycles. The van der Waals surface area contributed by atoms with Crippen molar-refractivity contribution in [1.82, 2.24) is 9.88 Å². The number of aromatic nitrogens is 1. The third-order valence-electron chi connectivity index (χ3n) is 2.72. The fraction of sp³-hybridized carbons (Fsp3) is 0.125. The van der Waals surface area contributed by atoms with E-state index in [0.29, 0.717) is 15.0 Å². The Morgan fingerprint density at radius 3 is 2.55 bits per heavy atom. The molecule has 0 unspecified atom stereocenters. The maximum Gasteiger partial charge on any atom is 0.338 e. The summed E-state index contributed by atoms with van der Waals surface area (Å²) in [7, 11) is 3.54. The van der Waals surface area contributed by atoms with Crippen LogP contribution in [-0.4, -0.2) is 35.1 Å². The minimum Gasteiger partial charge on any atom is -0.478 e.